The second kappa shape index (κ2) is 14.9. The average molecular weight is 456 g/mol. The molecule has 1 atom stereocenters. The van der Waals surface area contributed by atoms with Gasteiger partial charge in [-0.1, -0.05) is 19.7 Å². The maximum Gasteiger partial charge on any atom is 0.317 e. The van der Waals surface area contributed by atoms with Gasteiger partial charge in [-0.05, 0) is 19.4 Å². The van der Waals surface area contributed by atoms with Gasteiger partial charge in [-0.2, -0.15) is 0 Å². The molecule has 1 heterocycles. The minimum absolute atomic E-state index is 0.0513. The van der Waals surface area contributed by atoms with Gasteiger partial charge in [0.25, 0.3) is 0 Å². The van der Waals surface area contributed by atoms with Crippen molar-refractivity contribution in [1.82, 2.24) is 19.6 Å². The van der Waals surface area contributed by atoms with Gasteiger partial charge in [0, 0.05) is 52.4 Å². The van der Waals surface area contributed by atoms with E-state index in [0.29, 0.717) is 78.4 Å². The number of rotatable bonds is 11. The SMILES string of the molecule is C=C(O)CN1CCN(CC(=C)O)CCN(C(CCCN)C(=C)O)CCN(CC(=O)O)CC1. The molecule has 10 heteroatoms. The van der Waals surface area contributed by atoms with Crippen LogP contribution < -0.4 is 5.73 Å². The minimum Gasteiger partial charge on any atom is -0.512 e. The van der Waals surface area contributed by atoms with Crippen LogP contribution in [0.3, 0.4) is 0 Å². The van der Waals surface area contributed by atoms with E-state index in [2.05, 4.69) is 29.5 Å². The topological polar surface area (TPSA) is 137 Å². The summed E-state index contributed by atoms with van der Waals surface area (Å²) in [6.45, 7) is 16.5. The fourth-order valence-corrected chi connectivity index (χ4v) is 3.92. The molecule has 0 aromatic rings. The zero-order valence-corrected chi connectivity index (χ0v) is 19.2. The Morgan fingerprint density at radius 3 is 1.50 bits per heavy atom. The molecule has 0 aromatic carbocycles. The molecule has 1 aliphatic rings. The number of carbonyl (C=O) groups is 1. The van der Waals surface area contributed by atoms with Crippen LogP contribution in [0.5, 0.6) is 0 Å². The number of nitrogens with zero attached hydrogens (tertiary/aromatic N) is 4. The van der Waals surface area contributed by atoms with Gasteiger partial charge >= 0.3 is 5.97 Å². The van der Waals surface area contributed by atoms with Gasteiger partial charge in [-0.25, -0.2) is 0 Å². The lowest BCUT2D eigenvalue weighted by Gasteiger charge is -2.36. The summed E-state index contributed by atoms with van der Waals surface area (Å²) < 4.78 is 0. The molecule has 0 aliphatic carbocycles. The van der Waals surface area contributed by atoms with Crippen molar-refractivity contribution in [2.24, 2.45) is 5.73 Å². The smallest absolute Gasteiger partial charge is 0.317 e. The highest BCUT2D eigenvalue weighted by atomic mass is 16.4. The average Bonchev–Trinajstić information content (AvgIpc) is 2.68. The number of nitrogens with two attached hydrogens (primary N) is 1. The standard InChI is InChI=1S/C22H41N5O5/c1-18(28)15-24-7-8-25(16-19(2)29)11-13-27(21(20(3)30)5-4-6-23)14-12-26(10-9-24)17-22(31)32/h21,28-30H,1-17,23H2,(H,31,32). The molecule has 0 spiro atoms. The molecule has 0 saturated carbocycles. The number of hydrogen-bond donors (Lipinski definition) is 5. The number of carboxylic acids is 1. The molecule has 0 bridgehead atoms. The van der Waals surface area contributed by atoms with E-state index in [-0.39, 0.29) is 29.9 Å². The van der Waals surface area contributed by atoms with E-state index < -0.39 is 5.97 Å². The van der Waals surface area contributed by atoms with Crippen LogP contribution in [0.1, 0.15) is 12.8 Å². The first-order valence-electron chi connectivity index (χ1n) is 11.1. The summed E-state index contributed by atoms with van der Waals surface area (Å²) in [5, 5.41) is 39.0. The Kier molecular flexibility index (Phi) is 13.0. The second-order valence-electron chi connectivity index (χ2n) is 8.33. The quantitative estimate of drug-likeness (QED) is 0.282. The third-order valence-corrected chi connectivity index (χ3v) is 5.55. The summed E-state index contributed by atoms with van der Waals surface area (Å²) in [7, 11) is 0. The third kappa shape index (κ3) is 11.5. The van der Waals surface area contributed by atoms with Crippen molar-refractivity contribution >= 4 is 5.97 Å². The Hall–Kier alpha value is -2.11. The molecule has 1 unspecified atom stereocenters. The molecule has 184 valence electrons. The molecule has 0 amide bonds. The van der Waals surface area contributed by atoms with Crippen molar-refractivity contribution in [3.05, 3.63) is 37.0 Å². The molecule has 32 heavy (non-hydrogen) atoms. The van der Waals surface area contributed by atoms with Crippen molar-refractivity contribution in [1.29, 1.82) is 0 Å². The first-order chi connectivity index (χ1) is 15.1. The number of aliphatic hydroxyl groups is 3. The Bertz CT molecular complexity index is 598. The Labute approximate surface area is 191 Å². The maximum absolute atomic E-state index is 11.4. The molecule has 0 radical (unpaired) electrons. The van der Waals surface area contributed by atoms with E-state index in [1.165, 1.54) is 0 Å². The largest absolute Gasteiger partial charge is 0.512 e. The monoisotopic (exact) mass is 455 g/mol. The van der Waals surface area contributed by atoms with Crippen molar-refractivity contribution in [2.45, 2.75) is 18.9 Å². The van der Waals surface area contributed by atoms with Gasteiger partial charge in [0.2, 0.25) is 0 Å². The molecule has 1 aliphatic heterocycles. The molecule has 10 nitrogen and oxygen atoms in total. The Balaban J connectivity index is 3.07. The highest BCUT2D eigenvalue weighted by Gasteiger charge is 2.24. The zero-order chi connectivity index (χ0) is 24.1. The van der Waals surface area contributed by atoms with Crippen LogP contribution in [0, 0.1) is 0 Å². The number of hydrogen-bond acceptors (Lipinski definition) is 9. The molecular formula is C22H41N5O5. The van der Waals surface area contributed by atoms with Gasteiger partial charge < -0.3 is 26.2 Å². The fraction of sp³-hybridized carbons (Fsp3) is 0.682. The van der Waals surface area contributed by atoms with Crippen molar-refractivity contribution in [3.63, 3.8) is 0 Å². The second-order valence-corrected chi connectivity index (χ2v) is 8.33. The van der Waals surface area contributed by atoms with Crippen molar-refractivity contribution in [3.8, 4) is 0 Å². The Morgan fingerprint density at radius 1 is 0.750 bits per heavy atom. The van der Waals surface area contributed by atoms with Crippen LogP contribution >= 0.6 is 0 Å². The molecular weight excluding hydrogens is 414 g/mol. The summed E-state index contributed by atoms with van der Waals surface area (Å²) in [5.41, 5.74) is 5.67. The predicted molar refractivity (Wildman–Crippen MR) is 126 cm³/mol. The summed E-state index contributed by atoms with van der Waals surface area (Å²) in [6, 6.07) is -0.276. The van der Waals surface area contributed by atoms with Crippen molar-refractivity contribution in [2.75, 3.05) is 78.5 Å². The van der Waals surface area contributed by atoms with E-state index in [0.717, 1.165) is 6.42 Å². The van der Waals surface area contributed by atoms with Crippen LogP contribution in [0.2, 0.25) is 0 Å². The van der Waals surface area contributed by atoms with Gasteiger partial charge in [0.1, 0.15) is 5.76 Å². The van der Waals surface area contributed by atoms with Crippen LogP contribution in [0.25, 0.3) is 0 Å². The lowest BCUT2D eigenvalue weighted by Crippen LogP contribution is -2.50. The van der Waals surface area contributed by atoms with Crippen LogP contribution in [-0.4, -0.2) is 131 Å². The molecule has 1 fully saturated rings. The predicted octanol–water partition coefficient (Wildman–Crippen LogP) is 0.615. The summed E-state index contributed by atoms with van der Waals surface area (Å²) in [4.78, 5) is 19.4. The highest BCUT2D eigenvalue weighted by molar-refractivity contribution is 5.69. The van der Waals surface area contributed by atoms with E-state index >= 15 is 0 Å². The van der Waals surface area contributed by atoms with E-state index in [9.17, 15) is 25.2 Å². The third-order valence-electron chi connectivity index (χ3n) is 5.55. The Morgan fingerprint density at radius 2 is 1.16 bits per heavy atom. The maximum atomic E-state index is 11.4. The van der Waals surface area contributed by atoms with Gasteiger partial charge in [0.15, 0.2) is 0 Å². The molecule has 6 N–H and O–H groups in total. The fourth-order valence-electron chi connectivity index (χ4n) is 3.92. The van der Waals surface area contributed by atoms with Gasteiger partial charge in [0.05, 0.1) is 37.2 Å². The first kappa shape index (κ1) is 27.9. The normalized spacial score (nSPS) is 19.5. The van der Waals surface area contributed by atoms with Crippen LogP contribution in [0.4, 0.5) is 0 Å². The zero-order valence-electron chi connectivity index (χ0n) is 19.2. The summed E-state index contributed by atoms with van der Waals surface area (Å²) >= 11 is 0. The minimum atomic E-state index is -0.902. The van der Waals surface area contributed by atoms with Crippen LogP contribution in [0.15, 0.2) is 37.0 Å². The molecule has 0 aromatic heterocycles. The van der Waals surface area contributed by atoms with E-state index in [4.69, 9.17) is 5.73 Å². The molecule has 1 rings (SSSR count). The lowest BCUT2D eigenvalue weighted by molar-refractivity contribution is -0.138. The van der Waals surface area contributed by atoms with E-state index in [1.807, 2.05) is 9.80 Å². The van der Waals surface area contributed by atoms with Crippen molar-refractivity contribution < 1.29 is 25.2 Å². The number of aliphatic carboxylic acids is 1. The summed E-state index contributed by atoms with van der Waals surface area (Å²) in [5.74, 6) is -0.710. The highest BCUT2D eigenvalue weighted by Crippen LogP contribution is 2.14. The van der Waals surface area contributed by atoms with E-state index in [1.54, 1.807) is 0 Å². The number of carboxylic acid groups (broad SMARTS) is 1. The molecule has 1 saturated heterocycles. The van der Waals surface area contributed by atoms with Crippen LogP contribution in [-0.2, 0) is 4.79 Å². The summed E-state index contributed by atoms with van der Waals surface area (Å²) in [6.07, 6.45) is 1.39. The van der Waals surface area contributed by atoms with Gasteiger partial charge in [-0.3, -0.25) is 24.4 Å². The lowest BCUT2D eigenvalue weighted by atomic mass is 10.1. The first-order valence-corrected chi connectivity index (χ1v) is 11.1. The number of aliphatic hydroxyl groups excluding tert-OH is 3. The van der Waals surface area contributed by atoms with Gasteiger partial charge in [-0.15, -0.1) is 0 Å².